The molecule has 1 amide bonds. The summed E-state index contributed by atoms with van der Waals surface area (Å²) in [6.07, 6.45) is 0. The number of carbonyl (C=O) groups excluding carboxylic acids is 1. The van der Waals surface area contributed by atoms with Crippen molar-refractivity contribution in [2.75, 3.05) is 11.9 Å². The van der Waals surface area contributed by atoms with Crippen molar-refractivity contribution in [2.24, 2.45) is 5.73 Å². The van der Waals surface area contributed by atoms with E-state index in [1.54, 1.807) is 18.2 Å². The van der Waals surface area contributed by atoms with Gasteiger partial charge in [0.15, 0.2) is 0 Å². The van der Waals surface area contributed by atoms with Crippen LogP contribution in [-0.2, 0) is 4.79 Å². The zero-order valence-corrected chi connectivity index (χ0v) is 14.2. The topological polar surface area (TPSA) is 55.1 Å². The lowest BCUT2D eigenvalue weighted by Crippen LogP contribution is -2.21. The third-order valence-corrected chi connectivity index (χ3v) is 1.94. The van der Waals surface area contributed by atoms with E-state index in [-0.39, 0.29) is 12.5 Å². The van der Waals surface area contributed by atoms with E-state index in [2.05, 4.69) is 5.32 Å². The van der Waals surface area contributed by atoms with Gasteiger partial charge in [0.25, 0.3) is 0 Å². The van der Waals surface area contributed by atoms with Crippen LogP contribution in [0, 0.1) is 0 Å². The summed E-state index contributed by atoms with van der Waals surface area (Å²) < 4.78 is 0. The highest BCUT2D eigenvalue weighted by Crippen LogP contribution is 2.24. The summed E-state index contributed by atoms with van der Waals surface area (Å²) in [5.41, 5.74) is 5.63. The van der Waals surface area contributed by atoms with Crippen LogP contribution in [0.2, 0.25) is 10.0 Å². The quantitative estimate of drug-likeness (QED) is 0.810. The van der Waals surface area contributed by atoms with E-state index in [0.717, 1.165) is 0 Å². The summed E-state index contributed by atoms with van der Waals surface area (Å²) in [6.45, 7) is 11.9. The minimum absolute atomic E-state index is 0.0705. The smallest absolute Gasteiger partial charge is 0.238 e. The highest BCUT2D eigenvalue weighted by molar-refractivity contribution is 6.36. The van der Waals surface area contributed by atoms with Crippen molar-refractivity contribution in [3.8, 4) is 0 Å². The fourth-order valence-corrected chi connectivity index (χ4v) is 1.25. The molecular weight excluding hydrogens is 283 g/mol. The van der Waals surface area contributed by atoms with Gasteiger partial charge in [-0.3, -0.25) is 4.79 Å². The van der Waals surface area contributed by atoms with Gasteiger partial charge in [-0.1, -0.05) is 64.7 Å². The molecule has 0 aliphatic carbocycles. The normalized spacial score (nSPS) is 7.63. The van der Waals surface area contributed by atoms with Gasteiger partial charge in [0.1, 0.15) is 0 Å². The second-order valence-corrected chi connectivity index (χ2v) is 3.22. The molecule has 0 unspecified atom stereocenters. The van der Waals surface area contributed by atoms with Gasteiger partial charge in [0.05, 0.1) is 17.3 Å². The molecule has 0 saturated carbocycles. The van der Waals surface area contributed by atoms with Crippen molar-refractivity contribution < 1.29 is 4.79 Å². The Labute approximate surface area is 127 Å². The van der Waals surface area contributed by atoms with Crippen LogP contribution in [0.4, 0.5) is 5.69 Å². The number of hydrogen-bond donors (Lipinski definition) is 2. The second-order valence-electron chi connectivity index (χ2n) is 2.38. The molecule has 0 heterocycles. The summed E-state index contributed by atoms with van der Waals surface area (Å²) in [5, 5.41) is 3.45. The molecule has 1 aromatic rings. The molecular formula is C14H26Cl2N2O. The lowest BCUT2D eigenvalue weighted by atomic mass is 10.3. The van der Waals surface area contributed by atoms with Crippen LogP contribution in [0.25, 0.3) is 0 Å². The van der Waals surface area contributed by atoms with Gasteiger partial charge in [0.2, 0.25) is 5.91 Å². The molecule has 5 heteroatoms. The van der Waals surface area contributed by atoms with Crippen molar-refractivity contribution in [3.05, 3.63) is 28.2 Å². The first-order valence-electron chi connectivity index (χ1n) is 6.58. The molecule has 0 atom stereocenters. The third kappa shape index (κ3) is 12.0. The monoisotopic (exact) mass is 308 g/mol. The van der Waals surface area contributed by atoms with Crippen molar-refractivity contribution in [3.63, 3.8) is 0 Å². The molecule has 19 heavy (non-hydrogen) atoms. The number of rotatable bonds is 2. The number of amides is 1. The summed E-state index contributed by atoms with van der Waals surface area (Å²) in [7, 11) is 0. The number of nitrogens with one attached hydrogen (secondary N) is 1. The van der Waals surface area contributed by atoms with E-state index < -0.39 is 0 Å². The number of carbonyl (C=O) groups is 1. The molecule has 1 aromatic carbocycles. The highest BCUT2D eigenvalue weighted by atomic mass is 35.5. The Balaban J connectivity index is -0.000000375. The summed E-state index contributed by atoms with van der Waals surface area (Å²) in [4.78, 5) is 10.9. The molecule has 0 spiro atoms. The second kappa shape index (κ2) is 17.2. The van der Waals surface area contributed by atoms with E-state index >= 15 is 0 Å². The molecule has 3 N–H and O–H groups in total. The van der Waals surface area contributed by atoms with E-state index in [4.69, 9.17) is 28.9 Å². The minimum atomic E-state index is -0.288. The molecule has 0 aliphatic heterocycles. The zero-order chi connectivity index (χ0) is 15.8. The van der Waals surface area contributed by atoms with E-state index in [1.165, 1.54) is 0 Å². The molecule has 3 nitrogen and oxygen atoms in total. The fourth-order valence-electron chi connectivity index (χ4n) is 0.792. The van der Waals surface area contributed by atoms with Crippen LogP contribution in [0.15, 0.2) is 18.2 Å². The number of hydrogen-bond acceptors (Lipinski definition) is 2. The maximum atomic E-state index is 10.9. The number of nitrogens with two attached hydrogens (primary N) is 1. The van der Waals surface area contributed by atoms with E-state index in [1.807, 2.05) is 41.5 Å². The minimum Gasteiger partial charge on any atom is -0.324 e. The van der Waals surface area contributed by atoms with Crippen molar-refractivity contribution >= 4 is 34.8 Å². The Morgan fingerprint density at radius 2 is 1.58 bits per heavy atom. The third-order valence-electron chi connectivity index (χ3n) is 1.39. The molecule has 0 radical (unpaired) electrons. The summed E-state index contributed by atoms with van der Waals surface area (Å²) >= 11 is 11.5. The highest BCUT2D eigenvalue weighted by Gasteiger charge is 2.03. The van der Waals surface area contributed by atoms with Gasteiger partial charge in [0, 0.05) is 5.02 Å². The van der Waals surface area contributed by atoms with Crippen LogP contribution < -0.4 is 11.1 Å². The first-order valence-corrected chi connectivity index (χ1v) is 7.34. The average Bonchev–Trinajstić information content (AvgIpc) is 2.48. The van der Waals surface area contributed by atoms with Gasteiger partial charge in [-0.25, -0.2) is 0 Å². The van der Waals surface area contributed by atoms with Crippen LogP contribution in [0.1, 0.15) is 41.5 Å². The predicted octanol–water partition coefficient (Wildman–Crippen LogP) is 4.97. The largest absolute Gasteiger partial charge is 0.324 e. The lowest BCUT2D eigenvalue weighted by molar-refractivity contribution is -0.114. The van der Waals surface area contributed by atoms with Gasteiger partial charge in [-0.15, -0.1) is 0 Å². The average molecular weight is 309 g/mol. The SMILES string of the molecule is CC.CC.CC.NCC(=O)Nc1ccc(Cl)cc1Cl. The van der Waals surface area contributed by atoms with Crippen LogP contribution in [-0.4, -0.2) is 12.5 Å². The zero-order valence-electron chi connectivity index (χ0n) is 12.7. The van der Waals surface area contributed by atoms with Crippen molar-refractivity contribution in [1.82, 2.24) is 0 Å². The first kappa shape index (κ1) is 23.3. The number of halogens is 2. The Hall–Kier alpha value is -0.770. The maximum Gasteiger partial charge on any atom is 0.238 e. The number of anilines is 1. The summed E-state index contributed by atoms with van der Waals surface area (Å²) in [5.74, 6) is -0.288. The molecule has 112 valence electrons. The van der Waals surface area contributed by atoms with Gasteiger partial charge in [-0.2, -0.15) is 0 Å². The standard InChI is InChI=1S/C8H8Cl2N2O.3C2H6/c9-5-1-2-7(6(10)3-5)12-8(13)4-11;3*1-2/h1-3H,4,11H2,(H,12,13);3*1-2H3. The Bertz CT molecular complexity index is 331. The molecule has 1 rings (SSSR count). The predicted molar refractivity (Wildman–Crippen MR) is 88.2 cm³/mol. The Morgan fingerprint density at radius 3 is 1.95 bits per heavy atom. The Kier molecular flexibility index (Phi) is 21.2. The van der Waals surface area contributed by atoms with E-state index in [0.29, 0.717) is 15.7 Å². The molecule has 0 saturated heterocycles. The molecule has 0 aliphatic rings. The summed E-state index contributed by atoms with van der Waals surface area (Å²) in [6, 6.07) is 4.81. The van der Waals surface area contributed by atoms with Crippen LogP contribution in [0.5, 0.6) is 0 Å². The number of benzene rings is 1. The van der Waals surface area contributed by atoms with Crippen LogP contribution in [0.3, 0.4) is 0 Å². The Morgan fingerprint density at radius 1 is 1.11 bits per heavy atom. The van der Waals surface area contributed by atoms with Crippen LogP contribution >= 0.6 is 23.2 Å². The lowest BCUT2D eigenvalue weighted by Gasteiger charge is -2.05. The maximum absolute atomic E-state index is 10.9. The molecule has 0 aromatic heterocycles. The first-order chi connectivity index (χ1) is 9.13. The fraction of sp³-hybridized carbons (Fsp3) is 0.500. The van der Waals surface area contributed by atoms with E-state index in [9.17, 15) is 4.79 Å². The van der Waals surface area contributed by atoms with Gasteiger partial charge < -0.3 is 11.1 Å². The van der Waals surface area contributed by atoms with Crippen molar-refractivity contribution in [2.45, 2.75) is 41.5 Å². The van der Waals surface area contributed by atoms with Gasteiger partial charge >= 0.3 is 0 Å². The molecule has 0 fully saturated rings. The van der Waals surface area contributed by atoms with Crippen molar-refractivity contribution in [1.29, 1.82) is 0 Å². The molecule has 0 bridgehead atoms. The van der Waals surface area contributed by atoms with Gasteiger partial charge in [-0.05, 0) is 18.2 Å².